The van der Waals surface area contributed by atoms with Gasteiger partial charge in [-0.05, 0) is 26.0 Å². The van der Waals surface area contributed by atoms with Crippen molar-refractivity contribution in [2.45, 2.75) is 19.9 Å². The minimum atomic E-state index is -1.01. The van der Waals surface area contributed by atoms with Crippen molar-refractivity contribution in [3.05, 3.63) is 47.3 Å². The number of hydrogen-bond acceptors (Lipinski definition) is 2. The predicted octanol–water partition coefficient (Wildman–Crippen LogP) is 2.89. The first-order valence-electron chi connectivity index (χ1n) is 6.39. The van der Waals surface area contributed by atoms with Crippen LogP contribution in [-0.2, 0) is 7.05 Å². The summed E-state index contributed by atoms with van der Waals surface area (Å²) < 4.78 is 27.6. The first kappa shape index (κ1) is 15.0. The van der Waals surface area contributed by atoms with E-state index < -0.39 is 17.7 Å². The Balaban J connectivity index is 2.01. The van der Waals surface area contributed by atoms with E-state index in [-0.39, 0.29) is 11.7 Å². The Morgan fingerprint density at radius 1 is 1.33 bits per heavy atom. The van der Waals surface area contributed by atoms with Gasteiger partial charge in [0.2, 0.25) is 0 Å². The number of carbonyl (C=O) groups is 1. The largest absolute Gasteiger partial charge is 0.331 e. The number of nitrogens with one attached hydrogen (secondary N) is 2. The maximum atomic E-state index is 13.1. The second-order valence-corrected chi connectivity index (χ2v) is 4.76. The fourth-order valence-corrected chi connectivity index (χ4v) is 1.96. The van der Waals surface area contributed by atoms with E-state index in [2.05, 4.69) is 15.7 Å². The Morgan fingerprint density at radius 3 is 2.62 bits per heavy atom. The molecule has 0 radical (unpaired) electrons. The highest BCUT2D eigenvalue weighted by atomic mass is 19.2. The molecule has 1 aromatic heterocycles. The van der Waals surface area contributed by atoms with Crippen LogP contribution in [0.3, 0.4) is 0 Å². The second kappa shape index (κ2) is 5.90. The van der Waals surface area contributed by atoms with Gasteiger partial charge in [0.25, 0.3) is 0 Å². The van der Waals surface area contributed by atoms with E-state index in [9.17, 15) is 13.6 Å². The molecule has 0 aliphatic carbocycles. The van der Waals surface area contributed by atoms with E-state index in [0.29, 0.717) is 0 Å². The van der Waals surface area contributed by atoms with Crippen molar-refractivity contribution >= 4 is 11.7 Å². The number of carbonyl (C=O) groups excluding carboxylic acids is 1. The van der Waals surface area contributed by atoms with Crippen LogP contribution in [0.25, 0.3) is 0 Å². The molecule has 2 amide bonds. The SMILES string of the molecule is Cc1c(C(C)NC(=O)Nc2ccc(F)c(F)c2)cnn1C. The smallest absolute Gasteiger partial charge is 0.319 e. The van der Waals surface area contributed by atoms with Crippen LogP contribution in [0.4, 0.5) is 19.3 Å². The second-order valence-electron chi connectivity index (χ2n) is 4.76. The summed E-state index contributed by atoms with van der Waals surface area (Å²) in [7, 11) is 1.81. The standard InChI is InChI=1S/C14H16F2N4O/c1-8(11-7-17-20(3)9(11)2)18-14(21)19-10-4-5-12(15)13(16)6-10/h4-8H,1-3H3,(H2,18,19,21). The number of hydrogen-bond donors (Lipinski definition) is 2. The molecule has 1 heterocycles. The summed E-state index contributed by atoms with van der Waals surface area (Å²) in [5.74, 6) is -1.97. The van der Waals surface area contributed by atoms with Gasteiger partial charge in [0.1, 0.15) is 0 Å². The Labute approximate surface area is 121 Å². The van der Waals surface area contributed by atoms with Crippen LogP contribution < -0.4 is 10.6 Å². The van der Waals surface area contributed by atoms with Crippen molar-refractivity contribution in [3.8, 4) is 0 Å². The average Bonchev–Trinajstić information content (AvgIpc) is 2.74. The van der Waals surface area contributed by atoms with Crippen LogP contribution >= 0.6 is 0 Å². The van der Waals surface area contributed by atoms with E-state index in [4.69, 9.17) is 0 Å². The topological polar surface area (TPSA) is 59.0 Å². The molecular formula is C14H16F2N4O. The van der Waals surface area contributed by atoms with Crippen LogP contribution in [0.1, 0.15) is 24.2 Å². The molecule has 0 bridgehead atoms. The quantitative estimate of drug-likeness (QED) is 0.914. The number of anilines is 1. The van der Waals surface area contributed by atoms with E-state index in [1.54, 1.807) is 10.9 Å². The van der Waals surface area contributed by atoms with Crippen molar-refractivity contribution < 1.29 is 13.6 Å². The zero-order valence-corrected chi connectivity index (χ0v) is 11.9. The molecule has 2 aromatic rings. The van der Waals surface area contributed by atoms with Crippen LogP contribution in [0.5, 0.6) is 0 Å². The van der Waals surface area contributed by atoms with Crippen LogP contribution in [0.15, 0.2) is 24.4 Å². The molecule has 5 nitrogen and oxygen atoms in total. The lowest BCUT2D eigenvalue weighted by Gasteiger charge is -2.14. The summed E-state index contributed by atoms with van der Waals surface area (Å²) in [6.45, 7) is 3.71. The Morgan fingerprint density at radius 2 is 2.05 bits per heavy atom. The number of benzene rings is 1. The van der Waals surface area contributed by atoms with Gasteiger partial charge in [-0.25, -0.2) is 13.6 Å². The molecule has 112 valence electrons. The highest BCUT2D eigenvalue weighted by Gasteiger charge is 2.14. The summed E-state index contributed by atoms with van der Waals surface area (Å²) in [4.78, 5) is 11.8. The molecule has 0 aliphatic heterocycles. The van der Waals surface area contributed by atoms with Crippen LogP contribution in [-0.4, -0.2) is 15.8 Å². The Bertz CT molecular complexity index is 669. The summed E-state index contributed by atoms with van der Waals surface area (Å²) >= 11 is 0. The highest BCUT2D eigenvalue weighted by molar-refractivity contribution is 5.89. The van der Waals surface area contributed by atoms with E-state index in [1.165, 1.54) is 6.07 Å². The molecule has 0 saturated heterocycles. The summed E-state index contributed by atoms with van der Waals surface area (Å²) in [6, 6.07) is 2.41. The van der Waals surface area contributed by atoms with Crippen molar-refractivity contribution in [1.82, 2.24) is 15.1 Å². The molecule has 7 heteroatoms. The number of aryl methyl sites for hydroxylation is 1. The molecular weight excluding hydrogens is 278 g/mol. The van der Waals surface area contributed by atoms with Gasteiger partial charge in [0, 0.05) is 30.1 Å². The third-order valence-corrected chi connectivity index (χ3v) is 3.26. The minimum Gasteiger partial charge on any atom is -0.331 e. The highest BCUT2D eigenvalue weighted by Crippen LogP contribution is 2.17. The lowest BCUT2D eigenvalue weighted by atomic mass is 10.1. The maximum Gasteiger partial charge on any atom is 0.319 e. The number of amides is 2. The number of rotatable bonds is 3. The third kappa shape index (κ3) is 3.36. The fraction of sp³-hybridized carbons (Fsp3) is 0.286. The van der Waals surface area contributed by atoms with Gasteiger partial charge < -0.3 is 10.6 Å². The fourth-order valence-electron chi connectivity index (χ4n) is 1.96. The van der Waals surface area contributed by atoms with Crippen molar-refractivity contribution in [1.29, 1.82) is 0 Å². The van der Waals surface area contributed by atoms with E-state index >= 15 is 0 Å². The third-order valence-electron chi connectivity index (χ3n) is 3.26. The predicted molar refractivity (Wildman–Crippen MR) is 74.9 cm³/mol. The minimum absolute atomic E-state index is 0.182. The normalized spacial score (nSPS) is 12.0. The zero-order valence-electron chi connectivity index (χ0n) is 11.9. The maximum absolute atomic E-state index is 13.1. The Hall–Kier alpha value is -2.44. The van der Waals surface area contributed by atoms with Gasteiger partial charge in [0.15, 0.2) is 11.6 Å². The van der Waals surface area contributed by atoms with Gasteiger partial charge in [-0.1, -0.05) is 0 Å². The average molecular weight is 294 g/mol. The lowest BCUT2D eigenvalue weighted by Crippen LogP contribution is -2.31. The molecule has 2 N–H and O–H groups in total. The lowest BCUT2D eigenvalue weighted by molar-refractivity contribution is 0.249. The first-order valence-corrected chi connectivity index (χ1v) is 6.39. The number of urea groups is 1. The zero-order chi connectivity index (χ0) is 15.6. The first-order chi connectivity index (χ1) is 9.88. The van der Waals surface area contributed by atoms with E-state index in [0.717, 1.165) is 23.4 Å². The summed E-state index contributed by atoms with van der Waals surface area (Å²) in [6.07, 6.45) is 1.68. The number of halogens is 2. The summed E-state index contributed by atoms with van der Waals surface area (Å²) in [5.41, 5.74) is 2.01. The molecule has 1 aromatic carbocycles. The molecule has 0 saturated carbocycles. The molecule has 0 spiro atoms. The Kier molecular flexibility index (Phi) is 4.21. The van der Waals surface area contributed by atoms with Crippen molar-refractivity contribution in [3.63, 3.8) is 0 Å². The van der Waals surface area contributed by atoms with Crippen molar-refractivity contribution in [2.75, 3.05) is 5.32 Å². The van der Waals surface area contributed by atoms with Crippen LogP contribution in [0.2, 0.25) is 0 Å². The van der Waals surface area contributed by atoms with Gasteiger partial charge >= 0.3 is 6.03 Å². The number of aromatic nitrogens is 2. The number of nitrogens with zero attached hydrogens (tertiary/aromatic N) is 2. The van der Waals surface area contributed by atoms with Gasteiger partial charge in [-0.15, -0.1) is 0 Å². The molecule has 2 rings (SSSR count). The summed E-state index contributed by atoms with van der Waals surface area (Å²) in [5, 5.41) is 9.27. The van der Waals surface area contributed by atoms with Crippen LogP contribution in [0, 0.1) is 18.6 Å². The van der Waals surface area contributed by atoms with Gasteiger partial charge in [-0.3, -0.25) is 4.68 Å². The molecule has 1 atom stereocenters. The molecule has 1 unspecified atom stereocenters. The van der Waals surface area contributed by atoms with Gasteiger partial charge in [0.05, 0.1) is 12.2 Å². The van der Waals surface area contributed by atoms with Gasteiger partial charge in [-0.2, -0.15) is 5.10 Å². The van der Waals surface area contributed by atoms with E-state index in [1.807, 2.05) is 20.9 Å². The van der Waals surface area contributed by atoms with Crippen molar-refractivity contribution in [2.24, 2.45) is 7.05 Å². The molecule has 0 aliphatic rings. The monoisotopic (exact) mass is 294 g/mol. The molecule has 0 fully saturated rings. The molecule has 21 heavy (non-hydrogen) atoms.